The van der Waals surface area contributed by atoms with Crippen molar-refractivity contribution in [2.45, 2.75) is 31.4 Å². The maximum absolute atomic E-state index is 11.7. The molecular weight excluding hydrogens is 242 g/mol. The third-order valence-corrected chi connectivity index (χ3v) is 2.62. The second-order valence-corrected chi connectivity index (χ2v) is 3.87. The predicted octanol–water partition coefficient (Wildman–Crippen LogP) is -0.614. The van der Waals surface area contributed by atoms with E-state index >= 15 is 0 Å². The number of hydrogen-bond donors (Lipinski definition) is 1. The van der Waals surface area contributed by atoms with E-state index in [0.29, 0.717) is 13.0 Å². The second-order valence-electron chi connectivity index (χ2n) is 3.87. The van der Waals surface area contributed by atoms with Crippen molar-refractivity contribution in [3.8, 4) is 0 Å². The van der Waals surface area contributed by atoms with Gasteiger partial charge < -0.3 is 19.5 Å². The number of carbonyl (C=O) groups is 3. The second kappa shape index (κ2) is 6.95. The fourth-order valence-corrected chi connectivity index (χ4v) is 1.63. The van der Waals surface area contributed by atoms with Crippen molar-refractivity contribution in [3.05, 3.63) is 0 Å². The van der Waals surface area contributed by atoms with Gasteiger partial charge in [0.05, 0.1) is 20.6 Å². The Morgan fingerprint density at radius 2 is 2.06 bits per heavy atom. The van der Waals surface area contributed by atoms with Gasteiger partial charge in [-0.15, -0.1) is 0 Å². The first-order valence-corrected chi connectivity index (χ1v) is 5.65. The fraction of sp³-hybridized carbons (Fsp3) is 0.727. The zero-order valence-electron chi connectivity index (χ0n) is 10.4. The number of hydrogen-bond acceptors (Lipinski definition) is 6. The van der Waals surface area contributed by atoms with Crippen LogP contribution in [0.25, 0.3) is 0 Å². The minimum Gasteiger partial charge on any atom is -0.469 e. The molecule has 0 radical (unpaired) electrons. The van der Waals surface area contributed by atoms with Crippen molar-refractivity contribution in [2.75, 3.05) is 20.8 Å². The molecule has 102 valence electrons. The quantitative estimate of drug-likeness (QED) is 0.662. The lowest BCUT2D eigenvalue weighted by atomic mass is 10.1. The van der Waals surface area contributed by atoms with E-state index in [9.17, 15) is 14.4 Å². The summed E-state index contributed by atoms with van der Waals surface area (Å²) >= 11 is 0. The van der Waals surface area contributed by atoms with Crippen LogP contribution in [0.1, 0.15) is 19.3 Å². The van der Waals surface area contributed by atoms with E-state index < -0.39 is 30.0 Å². The standard InChI is InChI=1S/C11H17NO6/c1-16-9(13)6-7(11(15)17-2)12-10(14)8-4-3-5-18-8/h7-8H,3-6H2,1-2H3,(H,12,14)/t7-,8-/m1/s1. The largest absolute Gasteiger partial charge is 0.469 e. The van der Waals surface area contributed by atoms with Crippen LogP contribution in [0.15, 0.2) is 0 Å². The smallest absolute Gasteiger partial charge is 0.328 e. The lowest BCUT2D eigenvalue weighted by Gasteiger charge is -2.17. The third kappa shape index (κ3) is 3.99. The average molecular weight is 259 g/mol. The molecule has 1 N–H and O–H groups in total. The first-order chi connectivity index (χ1) is 8.58. The Kier molecular flexibility index (Phi) is 5.57. The number of rotatable bonds is 5. The molecular formula is C11H17NO6. The Hall–Kier alpha value is -1.63. The molecule has 1 rings (SSSR count). The topological polar surface area (TPSA) is 90.9 Å². The molecule has 1 saturated heterocycles. The van der Waals surface area contributed by atoms with Gasteiger partial charge in [0.15, 0.2) is 0 Å². The van der Waals surface area contributed by atoms with Crippen LogP contribution in [-0.2, 0) is 28.6 Å². The minimum absolute atomic E-state index is 0.262. The first kappa shape index (κ1) is 14.4. The molecule has 7 heteroatoms. The number of methoxy groups -OCH3 is 2. The molecule has 0 bridgehead atoms. The Labute approximate surface area is 105 Å². The van der Waals surface area contributed by atoms with Gasteiger partial charge in [0, 0.05) is 6.61 Å². The molecule has 0 aromatic carbocycles. The molecule has 0 unspecified atom stereocenters. The molecule has 0 aromatic heterocycles. The van der Waals surface area contributed by atoms with E-state index in [0.717, 1.165) is 6.42 Å². The first-order valence-electron chi connectivity index (χ1n) is 5.65. The van der Waals surface area contributed by atoms with Crippen LogP contribution in [0.5, 0.6) is 0 Å². The van der Waals surface area contributed by atoms with Crippen molar-refractivity contribution >= 4 is 17.8 Å². The molecule has 0 saturated carbocycles. The molecule has 0 spiro atoms. The molecule has 1 aliphatic rings. The van der Waals surface area contributed by atoms with Gasteiger partial charge in [0.1, 0.15) is 12.1 Å². The van der Waals surface area contributed by atoms with Crippen LogP contribution in [0.4, 0.5) is 0 Å². The van der Waals surface area contributed by atoms with Crippen molar-refractivity contribution in [3.63, 3.8) is 0 Å². The van der Waals surface area contributed by atoms with Crippen molar-refractivity contribution in [1.82, 2.24) is 5.32 Å². The number of nitrogens with one attached hydrogen (secondary N) is 1. The van der Waals surface area contributed by atoms with Gasteiger partial charge in [-0.3, -0.25) is 9.59 Å². The number of carbonyl (C=O) groups excluding carboxylic acids is 3. The van der Waals surface area contributed by atoms with Gasteiger partial charge in [-0.05, 0) is 12.8 Å². The van der Waals surface area contributed by atoms with Gasteiger partial charge in [0.25, 0.3) is 0 Å². The maximum Gasteiger partial charge on any atom is 0.328 e. The van der Waals surface area contributed by atoms with Crippen LogP contribution < -0.4 is 5.32 Å². The summed E-state index contributed by atoms with van der Waals surface area (Å²) in [4.78, 5) is 34.3. The van der Waals surface area contributed by atoms with E-state index in [1.54, 1.807) is 0 Å². The monoisotopic (exact) mass is 259 g/mol. The Balaban J connectivity index is 2.56. The van der Waals surface area contributed by atoms with E-state index in [-0.39, 0.29) is 6.42 Å². The van der Waals surface area contributed by atoms with E-state index in [1.807, 2.05) is 0 Å². The van der Waals surface area contributed by atoms with E-state index in [2.05, 4.69) is 14.8 Å². The van der Waals surface area contributed by atoms with Crippen LogP contribution in [0.3, 0.4) is 0 Å². The van der Waals surface area contributed by atoms with Crippen LogP contribution in [-0.4, -0.2) is 50.8 Å². The summed E-state index contributed by atoms with van der Waals surface area (Å²) in [6, 6.07) is -1.04. The molecule has 0 aromatic rings. The molecule has 1 fully saturated rings. The number of esters is 2. The van der Waals surface area contributed by atoms with Gasteiger partial charge in [-0.2, -0.15) is 0 Å². The molecule has 1 amide bonds. The van der Waals surface area contributed by atoms with Crippen molar-refractivity contribution in [2.24, 2.45) is 0 Å². The summed E-state index contributed by atoms with van der Waals surface area (Å²) in [5.41, 5.74) is 0. The molecule has 0 aliphatic carbocycles. The highest BCUT2D eigenvalue weighted by Gasteiger charge is 2.30. The highest BCUT2D eigenvalue weighted by Crippen LogP contribution is 2.12. The van der Waals surface area contributed by atoms with Gasteiger partial charge in [-0.1, -0.05) is 0 Å². The van der Waals surface area contributed by atoms with Crippen molar-refractivity contribution in [1.29, 1.82) is 0 Å². The summed E-state index contributed by atoms with van der Waals surface area (Å²) in [5.74, 6) is -1.70. The minimum atomic E-state index is -1.04. The van der Waals surface area contributed by atoms with E-state index in [1.165, 1.54) is 14.2 Å². The zero-order chi connectivity index (χ0) is 13.5. The Morgan fingerprint density at radius 1 is 1.33 bits per heavy atom. The summed E-state index contributed by atoms with van der Waals surface area (Å²) in [5, 5.41) is 2.44. The SMILES string of the molecule is COC(=O)C[C@@H](NC(=O)[C@H]1CCCO1)C(=O)OC. The molecule has 1 aliphatic heterocycles. The third-order valence-electron chi connectivity index (χ3n) is 2.62. The van der Waals surface area contributed by atoms with Crippen LogP contribution in [0.2, 0.25) is 0 Å². The summed E-state index contributed by atoms with van der Waals surface area (Å²) in [7, 11) is 2.39. The normalized spacial score (nSPS) is 20.0. The summed E-state index contributed by atoms with van der Waals surface area (Å²) in [6.07, 6.45) is 0.590. The Morgan fingerprint density at radius 3 is 2.56 bits per heavy atom. The fourth-order valence-electron chi connectivity index (χ4n) is 1.63. The van der Waals surface area contributed by atoms with Crippen LogP contribution >= 0.6 is 0 Å². The highest BCUT2D eigenvalue weighted by molar-refractivity contribution is 5.89. The van der Waals surface area contributed by atoms with Gasteiger partial charge >= 0.3 is 11.9 Å². The molecule has 18 heavy (non-hydrogen) atoms. The Bertz CT molecular complexity index is 323. The summed E-state index contributed by atoms with van der Waals surface area (Å²) < 4.78 is 14.2. The predicted molar refractivity (Wildman–Crippen MR) is 59.6 cm³/mol. The number of amides is 1. The van der Waals surface area contributed by atoms with Gasteiger partial charge in [0.2, 0.25) is 5.91 Å². The summed E-state index contributed by atoms with van der Waals surface area (Å²) in [6.45, 7) is 0.526. The van der Waals surface area contributed by atoms with Crippen molar-refractivity contribution < 1.29 is 28.6 Å². The van der Waals surface area contributed by atoms with Gasteiger partial charge in [-0.25, -0.2) is 4.79 Å². The average Bonchev–Trinajstić information content (AvgIpc) is 2.90. The molecule has 7 nitrogen and oxygen atoms in total. The number of ether oxygens (including phenoxy) is 3. The maximum atomic E-state index is 11.7. The molecule has 2 atom stereocenters. The lowest BCUT2D eigenvalue weighted by Crippen LogP contribution is -2.47. The lowest BCUT2D eigenvalue weighted by molar-refractivity contribution is -0.151. The highest BCUT2D eigenvalue weighted by atomic mass is 16.5. The molecule has 1 heterocycles. The van der Waals surface area contributed by atoms with E-state index in [4.69, 9.17) is 4.74 Å². The zero-order valence-corrected chi connectivity index (χ0v) is 10.4. The van der Waals surface area contributed by atoms with Crippen LogP contribution in [0, 0.1) is 0 Å².